The van der Waals surface area contributed by atoms with Crippen LogP contribution in [-0.2, 0) is 13.6 Å². The molecule has 182 valence electrons. The maximum Gasteiger partial charge on any atom is 0.191 e. The van der Waals surface area contributed by atoms with Crippen LogP contribution in [-0.4, -0.2) is 58.4 Å². The molecule has 1 aromatic carbocycles. The largest absolute Gasteiger partial charge is 0.497 e. The van der Waals surface area contributed by atoms with Crippen LogP contribution in [0.3, 0.4) is 0 Å². The van der Waals surface area contributed by atoms with Crippen LogP contribution in [0.1, 0.15) is 61.8 Å². The molecule has 0 spiro atoms. The van der Waals surface area contributed by atoms with Crippen molar-refractivity contribution in [2.45, 2.75) is 64.1 Å². The Labute approximate surface area is 214 Å². The van der Waals surface area contributed by atoms with Crippen LogP contribution >= 0.6 is 24.0 Å². The summed E-state index contributed by atoms with van der Waals surface area (Å²) in [6.07, 6.45) is 7.51. The van der Waals surface area contributed by atoms with Gasteiger partial charge in [0.05, 0.1) is 13.2 Å². The zero-order valence-corrected chi connectivity index (χ0v) is 22.4. The molecule has 1 atom stereocenters. The Morgan fingerprint density at radius 1 is 1.12 bits per heavy atom. The van der Waals surface area contributed by atoms with Crippen molar-refractivity contribution < 1.29 is 4.74 Å². The number of methoxy groups -OCH3 is 1. The fourth-order valence-electron chi connectivity index (χ4n) is 4.68. The van der Waals surface area contributed by atoms with E-state index in [0.29, 0.717) is 18.6 Å². The molecule has 4 rings (SSSR count). The molecule has 2 N–H and O–H groups in total. The summed E-state index contributed by atoms with van der Waals surface area (Å²) in [7, 11) is 3.70. The van der Waals surface area contributed by atoms with Gasteiger partial charge in [0.1, 0.15) is 18.1 Å². The third kappa shape index (κ3) is 6.81. The minimum Gasteiger partial charge on any atom is -0.497 e. The van der Waals surface area contributed by atoms with Crippen LogP contribution in [0.4, 0.5) is 0 Å². The summed E-state index contributed by atoms with van der Waals surface area (Å²) in [5.41, 5.74) is 1.31. The van der Waals surface area contributed by atoms with E-state index < -0.39 is 0 Å². The van der Waals surface area contributed by atoms with Gasteiger partial charge in [-0.05, 0) is 63.4 Å². The fraction of sp³-hybridized carbons (Fsp3) is 0.625. The van der Waals surface area contributed by atoms with Crippen molar-refractivity contribution in [3.05, 3.63) is 41.5 Å². The Hall–Kier alpha value is -1.88. The molecule has 0 amide bonds. The van der Waals surface area contributed by atoms with Gasteiger partial charge in [0.25, 0.3) is 0 Å². The molecule has 1 aromatic heterocycles. The van der Waals surface area contributed by atoms with Gasteiger partial charge in [0, 0.05) is 19.6 Å². The smallest absolute Gasteiger partial charge is 0.191 e. The van der Waals surface area contributed by atoms with Gasteiger partial charge >= 0.3 is 0 Å². The second-order valence-electron chi connectivity index (χ2n) is 8.93. The third-order valence-electron chi connectivity index (χ3n) is 6.80. The van der Waals surface area contributed by atoms with E-state index in [4.69, 9.17) is 9.73 Å². The van der Waals surface area contributed by atoms with Crippen LogP contribution in [0.2, 0.25) is 0 Å². The highest BCUT2D eigenvalue weighted by Gasteiger charge is 2.24. The highest BCUT2D eigenvalue weighted by Crippen LogP contribution is 2.26. The number of nitrogens with one attached hydrogen (secondary N) is 2. The van der Waals surface area contributed by atoms with E-state index in [2.05, 4.69) is 50.0 Å². The minimum atomic E-state index is 0. The molecule has 1 aliphatic heterocycles. The van der Waals surface area contributed by atoms with Crippen LogP contribution in [0.25, 0.3) is 0 Å². The Kier molecular flexibility index (Phi) is 9.78. The van der Waals surface area contributed by atoms with Crippen molar-refractivity contribution in [2.75, 3.05) is 26.7 Å². The quantitative estimate of drug-likeness (QED) is 0.289. The van der Waals surface area contributed by atoms with Crippen molar-refractivity contribution in [3.8, 4) is 5.75 Å². The molecule has 2 aliphatic rings. The van der Waals surface area contributed by atoms with Crippen molar-refractivity contribution in [2.24, 2.45) is 12.0 Å². The molecule has 1 unspecified atom stereocenters. The summed E-state index contributed by atoms with van der Waals surface area (Å²) < 4.78 is 7.36. The number of aliphatic imine (C=N–C) groups is 1. The number of benzene rings is 1. The summed E-state index contributed by atoms with van der Waals surface area (Å²) in [5.74, 6) is 3.55. The lowest BCUT2D eigenvalue weighted by atomic mass is 10.1. The molecule has 0 bridgehead atoms. The Balaban J connectivity index is 0.00000306. The predicted octanol–water partition coefficient (Wildman–Crippen LogP) is 3.57. The monoisotopic (exact) mass is 567 g/mol. The molecule has 1 saturated carbocycles. The van der Waals surface area contributed by atoms with Gasteiger partial charge in [-0.3, -0.25) is 4.90 Å². The second-order valence-corrected chi connectivity index (χ2v) is 8.93. The highest BCUT2D eigenvalue weighted by atomic mass is 127. The van der Waals surface area contributed by atoms with Gasteiger partial charge in [-0.15, -0.1) is 34.2 Å². The maximum absolute atomic E-state index is 5.36. The van der Waals surface area contributed by atoms with E-state index >= 15 is 0 Å². The molecular weight excluding hydrogens is 529 g/mol. The lowest BCUT2D eigenvalue weighted by molar-refractivity contribution is 0.245. The van der Waals surface area contributed by atoms with E-state index in [-0.39, 0.29) is 24.0 Å². The summed E-state index contributed by atoms with van der Waals surface area (Å²) >= 11 is 0. The normalized spacial score (nSPS) is 18.2. The van der Waals surface area contributed by atoms with Crippen LogP contribution in [0.5, 0.6) is 5.75 Å². The minimum absolute atomic E-state index is 0. The second kappa shape index (κ2) is 12.5. The van der Waals surface area contributed by atoms with Crippen molar-refractivity contribution >= 4 is 29.9 Å². The van der Waals surface area contributed by atoms with Crippen LogP contribution < -0.4 is 15.4 Å². The van der Waals surface area contributed by atoms with E-state index in [9.17, 15) is 0 Å². The number of likely N-dealkylation sites (tertiary alicyclic amines) is 1. The first-order chi connectivity index (χ1) is 15.6. The first kappa shape index (κ1) is 25.7. The third-order valence-corrected chi connectivity index (χ3v) is 6.80. The van der Waals surface area contributed by atoms with E-state index in [0.717, 1.165) is 43.0 Å². The van der Waals surface area contributed by atoms with Gasteiger partial charge in [-0.2, -0.15) is 0 Å². The number of guanidine groups is 1. The number of aromatic nitrogens is 3. The van der Waals surface area contributed by atoms with Gasteiger partial charge in [-0.1, -0.05) is 25.0 Å². The number of halogens is 1. The number of hydrogen-bond acceptors (Lipinski definition) is 5. The number of rotatable bonds is 8. The summed E-state index contributed by atoms with van der Waals surface area (Å²) in [6.45, 7) is 5.56. The van der Waals surface area contributed by atoms with Gasteiger partial charge in [0.2, 0.25) is 0 Å². The zero-order chi connectivity index (χ0) is 22.3. The number of hydrogen-bond donors (Lipinski definition) is 2. The van der Waals surface area contributed by atoms with Crippen molar-refractivity contribution in [1.29, 1.82) is 0 Å². The average Bonchev–Trinajstić information content (AvgIpc) is 3.58. The fourth-order valence-corrected chi connectivity index (χ4v) is 4.68. The van der Waals surface area contributed by atoms with E-state index in [1.54, 1.807) is 7.11 Å². The number of nitrogens with zero attached hydrogens (tertiary/aromatic N) is 5. The number of ether oxygens (including phenoxy) is 1. The van der Waals surface area contributed by atoms with Crippen molar-refractivity contribution in [3.63, 3.8) is 0 Å². The maximum atomic E-state index is 5.36. The average molecular weight is 568 g/mol. The molecule has 8 nitrogen and oxygen atoms in total. The SMILES string of the molecule is COc1ccc(C(CNC(=NCc2nnc(C)n2C)NC2CCCC2)N2CCCC2)cc1.I. The summed E-state index contributed by atoms with van der Waals surface area (Å²) in [5, 5.41) is 15.8. The summed E-state index contributed by atoms with van der Waals surface area (Å²) in [6, 6.07) is 9.28. The molecular formula is C24H38IN7O. The molecule has 2 heterocycles. The van der Waals surface area contributed by atoms with E-state index in [1.165, 1.54) is 44.1 Å². The molecule has 33 heavy (non-hydrogen) atoms. The first-order valence-electron chi connectivity index (χ1n) is 11.9. The topological polar surface area (TPSA) is 79.6 Å². The Morgan fingerprint density at radius 3 is 2.42 bits per heavy atom. The zero-order valence-electron chi connectivity index (χ0n) is 20.1. The first-order valence-corrected chi connectivity index (χ1v) is 11.9. The van der Waals surface area contributed by atoms with Crippen LogP contribution in [0, 0.1) is 6.92 Å². The molecule has 2 fully saturated rings. The summed E-state index contributed by atoms with van der Waals surface area (Å²) in [4.78, 5) is 7.46. The Morgan fingerprint density at radius 2 is 1.82 bits per heavy atom. The standard InChI is InChI=1S/C24H37N7O.HI/c1-18-28-29-23(30(18)2)17-26-24(27-20-8-4-5-9-20)25-16-22(31-14-6-7-15-31)19-10-12-21(32-3)13-11-19;/h10-13,20,22H,4-9,14-17H2,1-3H3,(H2,25,26,27);1H. The lowest BCUT2D eigenvalue weighted by Crippen LogP contribution is -2.45. The molecule has 2 aromatic rings. The van der Waals surface area contributed by atoms with Gasteiger partial charge < -0.3 is 19.9 Å². The number of aryl methyl sites for hydroxylation is 1. The van der Waals surface area contributed by atoms with Gasteiger partial charge in [0.15, 0.2) is 11.8 Å². The molecule has 0 radical (unpaired) electrons. The highest BCUT2D eigenvalue weighted by molar-refractivity contribution is 14.0. The predicted molar refractivity (Wildman–Crippen MR) is 142 cm³/mol. The van der Waals surface area contributed by atoms with Crippen LogP contribution in [0.15, 0.2) is 29.3 Å². The van der Waals surface area contributed by atoms with Gasteiger partial charge in [-0.25, -0.2) is 4.99 Å². The lowest BCUT2D eigenvalue weighted by Gasteiger charge is -2.29. The molecule has 9 heteroatoms. The van der Waals surface area contributed by atoms with E-state index in [1.807, 2.05) is 18.5 Å². The molecule has 1 saturated heterocycles. The molecule has 1 aliphatic carbocycles. The Bertz CT molecular complexity index is 887. The van der Waals surface area contributed by atoms with Crippen molar-refractivity contribution in [1.82, 2.24) is 30.3 Å².